The van der Waals surface area contributed by atoms with Gasteiger partial charge in [0.15, 0.2) is 0 Å². The van der Waals surface area contributed by atoms with Gasteiger partial charge in [0.1, 0.15) is 0 Å². The fourth-order valence-corrected chi connectivity index (χ4v) is 2.16. The van der Waals surface area contributed by atoms with Crippen LogP contribution in [0.5, 0.6) is 0 Å². The Balaban J connectivity index is 1.98. The summed E-state index contributed by atoms with van der Waals surface area (Å²) in [6.45, 7) is 0.0273. The molecule has 21 heavy (non-hydrogen) atoms. The van der Waals surface area contributed by atoms with E-state index in [4.69, 9.17) is 4.52 Å². The largest absolute Gasteiger partial charge is 0.338 e. The SMILES string of the molecule is CS(=O)(=O)NCCC(=O)Nc1oncc1-c1ccccc1. The van der Waals surface area contributed by atoms with Crippen LogP contribution < -0.4 is 10.0 Å². The van der Waals surface area contributed by atoms with E-state index in [0.29, 0.717) is 5.56 Å². The summed E-state index contributed by atoms with van der Waals surface area (Å²) in [4.78, 5) is 11.7. The lowest BCUT2D eigenvalue weighted by molar-refractivity contribution is -0.116. The number of benzene rings is 1. The van der Waals surface area contributed by atoms with Crippen LogP contribution in [0, 0.1) is 0 Å². The van der Waals surface area contributed by atoms with Gasteiger partial charge in [0.05, 0.1) is 18.0 Å². The predicted octanol–water partition coefficient (Wildman–Crippen LogP) is 1.22. The Hall–Kier alpha value is -2.19. The molecule has 2 N–H and O–H groups in total. The number of rotatable bonds is 6. The van der Waals surface area contributed by atoms with E-state index in [1.807, 2.05) is 30.3 Å². The summed E-state index contributed by atoms with van der Waals surface area (Å²) in [5, 5.41) is 6.24. The Bertz CT molecular complexity index is 710. The molecule has 0 aliphatic rings. The molecule has 0 saturated carbocycles. The van der Waals surface area contributed by atoms with Crippen LogP contribution in [0.15, 0.2) is 41.1 Å². The fraction of sp³-hybridized carbons (Fsp3) is 0.231. The second kappa shape index (κ2) is 6.51. The van der Waals surface area contributed by atoms with Crippen molar-refractivity contribution in [3.8, 4) is 11.1 Å². The van der Waals surface area contributed by atoms with E-state index in [0.717, 1.165) is 11.8 Å². The van der Waals surface area contributed by atoms with Crippen molar-refractivity contribution in [3.05, 3.63) is 36.5 Å². The van der Waals surface area contributed by atoms with Crippen LogP contribution in [0.3, 0.4) is 0 Å². The molecule has 2 aromatic rings. The van der Waals surface area contributed by atoms with Gasteiger partial charge in [-0.05, 0) is 5.56 Å². The number of hydrogen-bond acceptors (Lipinski definition) is 5. The first-order valence-electron chi connectivity index (χ1n) is 6.20. The fourth-order valence-electron chi connectivity index (χ4n) is 1.69. The lowest BCUT2D eigenvalue weighted by atomic mass is 10.1. The van der Waals surface area contributed by atoms with E-state index >= 15 is 0 Å². The molecule has 1 heterocycles. The molecule has 8 heteroatoms. The monoisotopic (exact) mass is 309 g/mol. The van der Waals surface area contributed by atoms with Gasteiger partial charge in [-0.25, -0.2) is 13.1 Å². The Morgan fingerprint density at radius 1 is 1.29 bits per heavy atom. The summed E-state index contributed by atoms with van der Waals surface area (Å²) in [6.07, 6.45) is 2.55. The van der Waals surface area contributed by atoms with Crippen molar-refractivity contribution in [1.82, 2.24) is 9.88 Å². The van der Waals surface area contributed by atoms with Crippen LogP contribution in [0.25, 0.3) is 11.1 Å². The van der Waals surface area contributed by atoms with Gasteiger partial charge in [-0.3, -0.25) is 10.1 Å². The topological polar surface area (TPSA) is 101 Å². The highest BCUT2D eigenvalue weighted by molar-refractivity contribution is 7.88. The van der Waals surface area contributed by atoms with Crippen molar-refractivity contribution < 1.29 is 17.7 Å². The zero-order valence-corrected chi connectivity index (χ0v) is 12.2. The highest BCUT2D eigenvalue weighted by atomic mass is 32.2. The van der Waals surface area contributed by atoms with Crippen molar-refractivity contribution in [3.63, 3.8) is 0 Å². The van der Waals surface area contributed by atoms with E-state index in [1.54, 1.807) is 0 Å². The molecular weight excluding hydrogens is 294 g/mol. The van der Waals surface area contributed by atoms with E-state index < -0.39 is 10.0 Å². The molecule has 0 atom stereocenters. The van der Waals surface area contributed by atoms with Crippen LogP contribution in [-0.2, 0) is 14.8 Å². The van der Waals surface area contributed by atoms with Gasteiger partial charge in [0, 0.05) is 13.0 Å². The molecule has 0 radical (unpaired) electrons. The van der Waals surface area contributed by atoms with Crippen LogP contribution in [-0.4, -0.2) is 32.3 Å². The van der Waals surface area contributed by atoms with Crippen molar-refractivity contribution >= 4 is 21.8 Å². The zero-order valence-electron chi connectivity index (χ0n) is 11.4. The van der Waals surface area contributed by atoms with Crippen LogP contribution in [0.2, 0.25) is 0 Å². The lowest BCUT2D eigenvalue weighted by Crippen LogP contribution is -2.26. The number of nitrogens with one attached hydrogen (secondary N) is 2. The van der Waals surface area contributed by atoms with Gasteiger partial charge >= 0.3 is 0 Å². The number of carbonyl (C=O) groups is 1. The molecule has 2 rings (SSSR count). The Morgan fingerprint density at radius 2 is 2.00 bits per heavy atom. The van der Waals surface area contributed by atoms with Crippen molar-refractivity contribution in [1.29, 1.82) is 0 Å². The van der Waals surface area contributed by atoms with E-state index in [1.165, 1.54) is 6.20 Å². The van der Waals surface area contributed by atoms with Crippen molar-refractivity contribution in [2.45, 2.75) is 6.42 Å². The number of carbonyl (C=O) groups excluding carboxylic acids is 1. The first kappa shape index (κ1) is 15.2. The molecule has 112 valence electrons. The lowest BCUT2D eigenvalue weighted by Gasteiger charge is -2.04. The Labute approximate surface area is 122 Å². The van der Waals surface area contributed by atoms with Crippen LogP contribution in [0.1, 0.15) is 6.42 Å². The summed E-state index contributed by atoms with van der Waals surface area (Å²) >= 11 is 0. The van der Waals surface area contributed by atoms with Crippen LogP contribution in [0.4, 0.5) is 5.88 Å². The second-order valence-electron chi connectivity index (χ2n) is 4.40. The number of amides is 1. The van der Waals surface area contributed by atoms with Crippen molar-refractivity contribution in [2.24, 2.45) is 0 Å². The second-order valence-corrected chi connectivity index (χ2v) is 6.23. The first-order valence-corrected chi connectivity index (χ1v) is 8.09. The molecule has 1 aromatic heterocycles. The average Bonchev–Trinajstić information content (AvgIpc) is 2.86. The number of nitrogens with zero attached hydrogens (tertiary/aromatic N) is 1. The maximum absolute atomic E-state index is 11.7. The summed E-state index contributed by atoms with van der Waals surface area (Å²) < 4.78 is 29.1. The number of aromatic nitrogens is 1. The number of sulfonamides is 1. The molecule has 0 aliphatic heterocycles. The Morgan fingerprint density at radius 3 is 2.67 bits per heavy atom. The number of anilines is 1. The average molecular weight is 309 g/mol. The minimum absolute atomic E-state index is 0.00198. The summed E-state index contributed by atoms with van der Waals surface area (Å²) in [5.41, 5.74) is 1.53. The summed E-state index contributed by atoms with van der Waals surface area (Å²) in [6, 6.07) is 9.35. The maximum Gasteiger partial charge on any atom is 0.239 e. The molecule has 0 saturated heterocycles. The highest BCUT2D eigenvalue weighted by Crippen LogP contribution is 2.27. The van der Waals surface area contributed by atoms with Gasteiger partial charge < -0.3 is 4.52 Å². The summed E-state index contributed by atoms with van der Waals surface area (Å²) in [7, 11) is -3.30. The minimum Gasteiger partial charge on any atom is -0.338 e. The van der Waals surface area contributed by atoms with E-state index in [2.05, 4.69) is 15.2 Å². The third-order valence-electron chi connectivity index (χ3n) is 2.62. The van der Waals surface area contributed by atoms with E-state index in [-0.39, 0.29) is 24.8 Å². The molecular formula is C13H15N3O4S. The molecule has 0 aliphatic carbocycles. The van der Waals surface area contributed by atoms with Gasteiger partial charge in [0.2, 0.25) is 21.8 Å². The molecule has 0 bridgehead atoms. The predicted molar refractivity (Wildman–Crippen MR) is 78.0 cm³/mol. The molecule has 7 nitrogen and oxygen atoms in total. The quantitative estimate of drug-likeness (QED) is 0.835. The van der Waals surface area contributed by atoms with Crippen LogP contribution >= 0.6 is 0 Å². The number of hydrogen-bond donors (Lipinski definition) is 2. The third-order valence-corrected chi connectivity index (χ3v) is 3.35. The highest BCUT2D eigenvalue weighted by Gasteiger charge is 2.13. The first-order chi connectivity index (χ1) is 9.96. The molecule has 0 unspecified atom stereocenters. The zero-order chi connectivity index (χ0) is 15.3. The van der Waals surface area contributed by atoms with E-state index in [9.17, 15) is 13.2 Å². The molecule has 1 aromatic carbocycles. The standard InChI is InChI=1S/C13H15N3O4S/c1-21(18,19)15-8-7-12(17)16-13-11(9-14-20-13)10-5-3-2-4-6-10/h2-6,9,15H,7-8H2,1H3,(H,16,17). The van der Waals surface area contributed by atoms with Gasteiger partial charge in [-0.15, -0.1) is 0 Å². The van der Waals surface area contributed by atoms with Gasteiger partial charge in [-0.2, -0.15) is 0 Å². The van der Waals surface area contributed by atoms with Gasteiger partial charge in [-0.1, -0.05) is 35.5 Å². The Kier molecular flexibility index (Phi) is 4.71. The minimum atomic E-state index is -3.30. The maximum atomic E-state index is 11.7. The smallest absolute Gasteiger partial charge is 0.239 e. The summed E-state index contributed by atoms with van der Waals surface area (Å²) in [5.74, 6) is -0.120. The third kappa shape index (κ3) is 4.69. The van der Waals surface area contributed by atoms with Crippen molar-refractivity contribution in [2.75, 3.05) is 18.1 Å². The normalized spacial score (nSPS) is 11.3. The molecule has 0 fully saturated rings. The molecule has 0 spiro atoms. The van der Waals surface area contributed by atoms with Gasteiger partial charge in [0.25, 0.3) is 0 Å². The molecule has 1 amide bonds.